The van der Waals surface area contributed by atoms with E-state index in [2.05, 4.69) is 24.1 Å². The second-order valence-electron chi connectivity index (χ2n) is 6.62. The third-order valence-electron chi connectivity index (χ3n) is 4.65. The molecule has 2 heterocycles. The van der Waals surface area contributed by atoms with Crippen molar-refractivity contribution in [2.24, 2.45) is 0 Å². The number of carbonyl (C=O) groups is 1. The molecule has 2 aliphatic heterocycles. The summed E-state index contributed by atoms with van der Waals surface area (Å²) in [7, 11) is 0. The molecule has 4 atom stereocenters. The number of fused-ring (bicyclic) bond motifs is 1. The number of benzene rings is 1. The molecule has 0 aromatic heterocycles. The van der Waals surface area contributed by atoms with Crippen LogP contribution in [0.5, 0.6) is 5.75 Å². The Hall–Kier alpha value is -1.59. The van der Waals surface area contributed by atoms with E-state index in [4.69, 9.17) is 9.47 Å². The molecule has 5 heteroatoms. The lowest BCUT2D eigenvalue weighted by molar-refractivity contribution is -0.132. The van der Waals surface area contributed by atoms with Gasteiger partial charge in [-0.25, -0.2) is 0 Å². The van der Waals surface area contributed by atoms with E-state index >= 15 is 0 Å². The molecule has 0 spiro atoms. The highest BCUT2D eigenvalue weighted by Gasteiger charge is 2.31. The zero-order valence-corrected chi connectivity index (χ0v) is 14.1. The van der Waals surface area contributed by atoms with Gasteiger partial charge in [-0.3, -0.25) is 9.69 Å². The Morgan fingerprint density at radius 2 is 1.96 bits per heavy atom. The molecule has 1 saturated heterocycles. The molecule has 3 rings (SSSR count). The van der Waals surface area contributed by atoms with Crippen molar-refractivity contribution in [2.45, 2.75) is 51.5 Å². The number of ether oxygens (including phenoxy) is 2. The Balaban J connectivity index is 1.65. The molecule has 0 bridgehead atoms. The van der Waals surface area contributed by atoms with Crippen LogP contribution in [0.25, 0.3) is 0 Å². The van der Waals surface area contributed by atoms with Crippen LogP contribution in [0.3, 0.4) is 0 Å². The average molecular weight is 318 g/mol. The van der Waals surface area contributed by atoms with E-state index in [1.54, 1.807) is 0 Å². The zero-order chi connectivity index (χ0) is 16.4. The first-order chi connectivity index (χ1) is 11.0. The number of morpholine rings is 1. The van der Waals surface area contributed by atoms with Gasteiger partial charge in [0.25, 0.3) is 0 Å². The van der Waals surface area contributed by atoms with Crippen LogP contribution in [-0.4, -0.2) is 48.8 Å². The van der Waals surface area contributed by atoms with Gasteiger partial charge >= 0.3 is 0 Å². The molecule has 0 radical (unpaired) electrons. The highest BCUT2D eigenvalue weighted by molar-refractivity contribution is 5.82. The second kappa shape index (κ2) is 6.89. The van der Waals surface area contributed by atoms with Crippen molar-refractivity contribution in [3.05, 3.63) is 29.8 Å². The van der Waals surface area contributed by atoms with Gasteiger partial charge in [0.2, 0.25) is 5.91 Å². The van der Waals surface area contributed by atoms with Crippen LogP contribution in [0, 0.1) is 0 Å². The van der Waals surface area contributed by atoms with E-state index in [1.165, 1.54) is 0 Å². The molecule has 0 saturated carbocycles. The number of rotatable bonds is 3. The molecule has 1 N–H and O–H groups in total. The van der Waals surface area contributed by atoms with Gasteiger partial charge in [-0.1, -0.05) is 18.2 Å². The predicted molar refractivity (Wildman–Crippen MR) is 88.5 cm³/mol. The lowest BCUT2D eigenvalue weighted by Crippen LogP contribution is -2.54. The third kappa shape index (κ3) is 3.67. The number of amides is 1. The van der Waals surface area contributed by atoms with E-state index < -0.39 is 0 Å². The topological polar surface area (TPSA) is 50.8 Å². The summed E-state index contributed by atoms with van der Waals surface area (Å²) in [6.07, 6.45) is 1.14. The van der Waals surface area contributed by atoms with Crippen molar-refractivity contribution in [2.75, 3.05) is 19.7 Å². The van der Waals surface area contributed by atoms with Gasteiger partial charge in [-0.15, -0.1) is 0 Å². The maximum atomic E-state index is 12.7. The summed E-state index contributed by atoms with van der Waals surface area (Å²) >= 11 is 0. The molecule has 2 aliphatic rings. The number of hydrogen-bond acceptors (Lipinski definition) is 4. The summed E-state index contributed by atoms with van der Waals surface area (Å²) < 4.78 is 11.4. The van der Waals surface area contributed by atoms with E-state index in [0.29, 0.717) is 6.61 Å². The van der Waals surface area contributed by atoms with E-state index in [0.717, 1.165) is 30.8 Å². The van der Waals surface area contributed by atoms with Crippen LogP contribution in [-0.2, 0) is 9.53 Å². The van der Waals surface area contributed by atoms with Gasteiger partial charge < -0.3 is 14.8 Å². The number of nitrogens with one attached hydrogen (secondary N) is 1. The van der Waals surface area contributed by atoms with Crippen LogP contribution < -0.4 is 10.1 Å². The normalized spacial score (nSPS) is 29.3. The van der Waals surface area contributed by atoms with Gasteiger partial charge in [-0.2, -0.15) is 0 Å². The van der Waals surface area contributed by atoms with Gasteiger partial charge in [-0.05, 0) is 26.8 Å². The molecular weight excluding hydrogens is 292 g/mol. The monoisotopic (exact) mass is 318 g/mol. The minimum atomic E-state index is -0.154. The molecule has 1 aromatic rings. The lowest BCUT2D eigenvalue weighted by Gasteiger charge is -2.38. The van der Waals surface area contributed by atoms with E-state index in [1.807, 2.05) is 31.2 Å². The molecule has 1 fully saturated rings. The minimum absolute atomic E-state index is 0.0331. The number of para-hydroxylation sites is 1. The van der Waals surface area contributed by atoms with E-state index in [9.17, 15) is 4.79 Å². The van der Waals surface area contributed by atoms with Crippen molar-refractivity contribution >= 4 is 5.91 Å². The Bertz CT molecular complexity index is 553. The fourth-order valence-electron chi connectivity index (χ4n) is 3.48. The molecule has 5 nitrogen and oxygen atoms in total. The third-order valence-corrected chi connectivity index (χ3v) is 4.65. The highest BCUT2D eigenvalue weighted by Crippen LogP contribution is 2.31. The molecule has 0 unspecified atom stereocenters. The van der Waals surface area contributed by atoms with E-state index in [-0.39, 0.29) is 30.2 Å². The highest BCUT2D eigenvalue weighted by atomic mass is 16.5. The van der Waals surface area contributed by atoms with Crippen molar-refractivity contribution in [3.63, 3.8) is 0 Å². The summed E-state index contributed by atoms with van der Waals surface area (Å²) in [4.78, 5) is 14.9. The summed E-state index contributed by atoms with van der Waals surface area (Å²) in [6, 6.07) is 7.82. The van der Waals surface area contributed by atoms with Gasteiger partial charge in [0, 0.05) is 25.1 Å². The average Bonchev–Trinajstić information content (AvgIpc) is 2.53. The molecular formula is C18H26N2O3. The molecule has 1 aromatic carbocycles. The van der Waals surface area contributed by atoms with Crippen molar-refractivity contribution in [3.8, 4) is 5.75 Å². The van der Waals surface area contributed by atoms with Crippen molar-refractivity contribution < 1.29 is 14.3 Å². The summed E-state index contributed by atoms with van der Waals surface area (Å²) in [6.45, 7) is 8.32. The first-order valence-corrected chi connectivity index (χ1v) is 8.46. The SMILES string of the molecule is C[C@@H]1CN([C@H](C)C(=O)N[C@H]2CCOc3ccccc32)C[C@@H](C)O1. The fraction of sp³-hybridized carbons (Fsp3) is 0.611. The predicted octanol–water partition coefficient (Wildman–Crippen LogP) is 2.12. The largest absolute Gasteiger partial charge is 0.493 e. The minimum Gasteiger partial charge on any atom is -0.493 e. The summed E-state index contributed by atoms with van der Waals surface area (Å²) in [5.74, 6) is 0.957. The quantitative estimate of drug-likeness (QED) is 0.927. The Kier molecular flexibility index (Phi) is 4.87. The van der Waals surface area contributed by atoms with Crippen molar-refractivity contribution in [1.82, 2.24) is 10.2 Å². The number of nitrogens with zero attached hydrogens (tertiary/aromatic N) is 1. The van der Waals surface area contributed by atoms with Crippen LogP contribution in [0.15, 0.2) is 24.3 Å². The molecule has 126 valence electrons. The first-order valence-electron chi connectivity index (χ1n) is 8.46. The van der Waals surface area contributed by atoms with Gasteiger partial charge in [0.05, 0.1) is 30.9 Å². The second-order valence-corrected chi connectivity index (χ2v) is 6.62. The molecule has 23 heavy (non-hydrogen) atoms. The maximum absolute atomic E-state index is 12.7. The Morgan fingerprint density at radius 3 is 2.70 bits per heavy atom. The van der Waals surface area contributed by atoms with Crippen LogP contribution in [0.2, 0.25) is 0 Å². The van der Waals surface area contributed by atoms with Crippen LogP contribution in [0.4, 0.5) is 0 Å². The first kappa shape index (κ1) is 16.3. The lowest BCUT2D eigenvalue weighted by atomic mass is 10.00. The fourth-order valence-corrected chi connectivity index (χ4v) is 3.48. The van der Waals surface area contributed by atoms with Gasteiger partial charge in [0.1, 0.15) is 5.75 Å². The molecule has 1 amide bonds. The van der Waals surface area contributed by atoms with Crippen LogP contribution in [0.1, 0.15) is 38.8 Å². The molecule has 0 aliphatic carbocycles. The number of hydrogen-bond donors (Lipinski definition) is 1. The summed E-state index contributed by atoms with van der Waals surface area (Å²) in [5.41, 5.74) is 1.07. The van der Waals surface area contributed by atoms with Crippen molar-refractivity contribution in [1.29, 1.82) is 0 Å². The maximum Gasteiger partial charge on any atom is 0.237 e. The van der Waals surface area contributed by atoms with Crippen LogP contribution >= 0.6 is 0 Å². The Morgan fingerprint density at radius 1 is 1.26 bits per heavy atom. The Labute approximate surface area is 137 Å². The van der Waals surface area contributed by atoms with Gasteiger partial charge in [0.15, 0.2) is 0 Å². The smallest absolute Gasteiger partial charge is 0.237 e. The standard InChI is InChI=1S/C18H26N2O3/c1-12-10-20(11-13(2)23-12)14(3)18(21)19-16-8-9-22-17-7-5-4-6-15(16)17/h4-7,12-14,16H,8-11H2,1-3H3,(H,19,21)/t12-,13-,14-,16+/m1/s1. The summed E-state index contributed by atoms with van der Waals surface area (Å²) in [5, 5.41) is 3.20. The zero-order valence-electron chi connectivity index (χ0n) is 14.1. The number of carbonyl (C=O) groups excluding carboxylic acids is 1.